The van der Waals surface area contributed by atoms with Crippen LogP contribution in [-0.4, -0.2) is 54.4 Å². The molecule has 0 aliphatic carbocycles. The van der Waals surface area contributed by atoms with Gasteiger partial charge >= 0.3 is 0 Å². The fraction of sp³-hybridized carbons (Fsp3) is 0.409. The van der Waals surface area contributed by atoms with Gasteiger partial charge in [-0.2, -0.15) is 0 Å². The molecule has 170 valence electrons. The molecule has 0 spiro atoms. The Balaban J connectivity index is 1.86. The van der Waals surface area contributed by atoms with E-state index in [4.69, 9.17) is 0 Å². The zero-order chi connectivity index (χ0) is 23.0. The van der Waals surface area contributed by atoms with Crippen molar-refractivity contribution in [2.24, 2.45) is 7.05 Å². The van der Waals surface area contributed by atoms with Crippen LogP contribution in [0.15, 0.2) is 40.3 Å². The first kappa shape index (κ1) is 22.2. The molecule has 3 aromatic rings. The molecule has 0 bridgehead atoms. The molecule has 3 N–H and O–H groups in total. The van der Waals surface area contributed by atoms with Gasteiger partial charge in [-0.05, 0) is 45.0 Å². The fourth-order valence-corrected chi connectivity index (χ4v) is 4.72. The summed E-state index contributed by atoms with van der Waals surface area (Å²) in [6.45, 7) is 5.62. The number of aryl methyl sites for hydroxylation is 1. The van der Waals surface area contributed by atoms with E-state index in [2.05, 4.69) is 25.9 Å². The highest BCUT2D eigenvalue weighted by Crippen LogP contribution is 2.31. The van der Waals surface area contributed by atoms with Gasteiger partial charge in [0.2, 0.25) is 0 Å². The lowest BCUT2D eigenvalue weighted by Gasteiger charge is -2.18. The number of nitrogens with one attached hydrogen (secondary N) is 3. The summed E-state index contributed by atoms with van der Waals surface area (Å²) in [5.74, 6) is 0.432. The highest BCUT2D eigenvalue weighted by Gasteiger charge is 2.21. The van der Waals surface area contributed by atoms with Crippen LogP contribution in [0.1, 0.15) is 20.3 Å². The Morgan fingerprint density at radius 3 is 2.69 bits per heavy atom. The summed E-state index contributed by atoms with van der Waals surface area (Å²) >= 11 is 0. The van der Waals surface area contributed by atoms with Crippen molar-refractivity contribution < 1.29 is 8.42 Å². The van der Waals surface area contributed by atoms with E-state index in [1.807, 2.05) is 19.9 Å². The van der Waals surface area contributed by atoms with E-state index >= 15 is 0 Å². The van der Waals surface area contributed by atoms with Gasteiger partial charge < -0.3 is 20.5 Å². The molecule has 1 aliphatic heterocycles. The first-order chi connectivity index (χ1) is 15.1. The van der Waals surface area contributed by atoms with Gasteiger partial charge in [-0.1, -0.05) is 6.07 Å². The van der Waals surface area contributed by atoms with Gasteiger partial charge in [0.25, 0.3) is 5.56 Å². The van der Waals surface area contributed by atoms with Crippen molar-refractivity contribution in [2.75, 3.05) is 30.0 Å². The Bertz CT molecular complexity index is 1330. The molecule has 0 unspecified atom stereocenters. The summed E-state index contributed by atoms with van der Waals surface area (Å²) in [6, 6.07) is 7.20. The van der Waals surface area contributed by atoms with E-state index in [0.717, 1.165) is 19.5 Å². The van der Waals surface area contributed by atoms with Crippen LogP contribution in [0, 0.1) is 0 Å². The highest BCUT2D eigenvalue weighted by molar-refractivity contribution is 7.90. The number of aromatic nitrogens is 3. The predicted octanol–water partition coefficient (Wildman–Crippen LogP) is 1.99. The van der Waals surface area contributed by atoms with E-state index in [0.29, 0.717) is 33.7 Å². The average Bonchev–Trinajstić information content (AvgIpc) is 3.22. The summed E-state index contributed by atoms with van der Waals surface area (Å²) < 4.78 is 26.6. The topological polar surface area (TPSA) is 118 Å². The lowest BCUT2D eigenvalue weighted by molar-refractivity contribution is 0.602. The van der Waals surface area contributed by atoms with Crippen LogP contribution in [0.2, 0.25) is 0 Å². The SMILES string of the molecule is CC(C)Nc1nc(-c2ccc(N[C@@H]3CCNC3)c(S(C)(=O)=O)c2)cc2ncn(C)c(=O)c12. The van der Waals surface area contributed by atoms with Crippen LogP contribution in [-0.2, 0) is 16.9 Å². The third-order valence-corrected chi connectivity index (χ3v) is 6.56. The molecule has 9 nitrogen and oxygen atoms in total. The van der Waals surface area contributed by atoms with E-state index < -0.39 is 9.84 Å². The quantitative estimate of drug-likeness (QED) is 0.515. The molecule has 1 atom stereocenters. The van der Waals surface area contributed by atoms with Crippen LogP contribution < -0.4 is 21.5 Å². The smallest absolute Gasteiger partial charge is 0.264 e. The third kappa shape index (κ3) is 4.46. The number of hydrogen-bond acceptors (Lipinski definition) is 8. The Kier molecular flexibility index (Phi) is 5.91. The molecule has 1 aliphatic rings. The number of hydrogen-bond donors (Lipinski definition) is 3. The lowest BCUT2D eigenvalue weighted by atomic mass is 10.1. The number of rotatable bonds is 6. The largest absolute Gasteiger partial charge is 0.380 e. The molecule has 2 aromatic heterocycles. The maximum atomic E-state index is 12.7. The molecular weight excluding hydrogens is 428 g/mol. The minimum absolute atomic E-state index is 0.0454. The van der Waals surface area contributed by atoms with Crippen LogP contribution in [0.3, 0.4) is 0 Å². The molecule has 0 saturated carbocycles. The van der Waals surface area contributed by atoms with Crippen molar-refractivity contribution in [3.8, 4) is 11.3 Å². The monoisotopic (exact) mass is 456 g/mol. The van der Waals surface area contributed by atoms with Gasteiger partial charge in [0.1, 0.15) is 11.2 Å². The molecular formula is C22H28N6O3S. The second-order valence-electron chi connectivity index (χ2n) is 8.53. The summed E-state index contributed by atoms with van der Waals surface area (Å²) in [5, 5.41) is 10.3. The molecule has 32 heavy (non-hydrogen) atoms. The van der Waals surface area contributed by atoms with Crippen molar-refractivity contribution in [1.29, 1.82) is 0 Å². The van der Waals surface area contributed by atoms with Crippen LogP contribution in [0.4, 0.5) is 11.5 Å². The molecule has 4 rings (SSSR count). The predicted molar refractivity (Wildman–Crippen MR) is 127 cm³/mol. The number of benzene rings is 1. The summed E-state index contributed by atoms with van der Waals surface area (Å²) in [7, 11) is -1.84. The first-order valence-corrected chi connectivity index (χ1v) is 12.5. The lowest BCUT2D eigenvalue weighted by Crippen LogP contribution is -2.23. The van der Waals surface area contributed by atoms with Crippen molar-refractivity contribution in [3.05, 3.63) is 40.9 Å². The van der Waals surface area contributed by atoms with Gasteiger partial charge in [0.05, 0.1) is 28.1 Å². The molecule has 0 radical (unpaired) electrons. The zero-order valence-electron chi connectivity index (χ0n) is 18.6. The van der Waals surface area contributed by atoms with Crippen molar-refractivity contribution in [3.63, 3.8) is 0 Å². The van der Waals surface area contributed by atoms with Gasteiger partial charge in [0, 0.05) is 37.5 Å². The normalized spacial score (nSPS) is 16.6. The number of fused-ring (bicyclic) bond motifs is 1. The minimum atomic E-state index is -3.48. The summed E-state index contributed by atoms with van der Waals surface area (Å²) in [6.07, 6.45) is 3.61. The molecule has 1 fully saturated rings. The van der Waals surface area contributed by atoms with Crippen molar-refractivity contribution in [1.82, 2.24) is 19.9 Å². The Hall–Kier alpha value is -2.98. The standard InChI is InChI=1S/C22H28N6O3S/c1-13(2)25-21-20-18(24-12-28(3)22(20)29)10-17(27-21)14-5-6-16(19(9-14)32(4,30)31)26-15-7-8-23-11-15/h5-6,9-10,12-13,15,23,26H,7-8,11H2,1-4H3,(H,25,27)/t15-/m1/s1. The zero-order valence-corrected chi connectivity index (χ0v) is 19.5. The van der Waals surface area contributed by atoms with E-state index in [-0.39, 0.29) is 22.5 Å². The first-order valence-electron chi connectivity index (χ1n) is 10.6. The maximum absolute atomic E-state index is 12.7. The van der Waals surface area contributed by atoms with Crippen LogP contribution in [0.5, 0.6) is 0 Å². The number of sulfone groups is 1. The maximum Gasteiger partial charge on any atom is 0.264 e. The summed E-state index contributed by atoms with van der Waals surface area (Å²) in [5.41, 5.74) is 2.07. The highest BCUT2D eigenvalue weighted by atomic mass is 32.2. The number of anilines is 2. The second kappa shape index (κ2) is 8.51. The minimum Gasteiger partial charge on any atom is -0.380 e. The fourth-order valence-electron chi connectivity index (χ4n) is 3.85. The van der Waals surface area contributed by atoms with Crippen molar-refractivity contribution >= 4 is 32.2 Å². The molecule has 1 aromatic carbocycles. The molecule has 1 saturated heterocycles. The van der Waals surface area contributed by atoms with Crippen LogP contribution >= 0.6 is 0 Å². The Morgan fingerprint density at radius 2 is 2.03 bits per heavy atom. The van der Waals surface area contributed by atoms with Gasteiger partial charge in [-0.3, -0.25) is 4.79 Å². The molecule has 3 heterocycles. The van der Waals surface area contributed by atoms with Gasteiger partial charge in [0.15, 0.2) is 9.84 Å². The van der Waals surface area contributed by atoms with Crippen LogP contribution in [0.25, 0.3) is 22.2 Å². The number of nitrogens with zero attached hydrogens (tertiary/aromatic N) is 3. The Labute approximate surface area is 187 Å². The summed E-state index contributed by atoms with van der Waals surface area (Å²) in [4.78, 5) is 22.0. The molecule has 10 heteroatoms. The Morgan fingerprint density at radius 1 is 1.25 bits per heavy atom. The average molecular weight is 457 g/mol. The van der Waals surface area contributed by atoms with Gasteiger partial charge in [-0.25, -0.2) is 18.4 Å². The van der Waals surface area contributed by atoms with Crippen molar-refractivity contribution in [2.45, 2.75) is 37.2 Å². The number of pyridine rings is 1. The second-order valence-corrected chi connectivity index (χ2v) is 10.5. The third-order valence-electron chi connectivity index (χ3n) is 5.43. The van der Waals surface area contributed by atoms with E-state index in [9.17, 15) is 13.2 Å². The van der Waals surface area contributed by atoms with E-state index in [1.165, 1.54) is 17.2 Å². The van der Waals surface area contributed by atoms with Gasteiger partial charge in [-0.15, -0.1) is 0 Å². The molecule has 0 amide bonds. The van der Waals surface area contributed by atoms with E-state index in [1.54, 1.807) is 25.2 Å².